The maximum Gasteiger partial charge on any atom is 0.265 e. The molecule has 8 nitrogen and oxygen atoms in total. The third-order valence-corrected chi connectivity index (χ3v) is 4.26. The molecule has 0 spiro atoms. The number of hydrazone groups is 1. The van der Waals surface area contributed by atoms with Gasteiger partial charge < -0.3 is 14.5 Å². The highest BCUT2D eigenvalue weighted by Crippen LogP contribution is 2.25. The minimum Gasteiger partial charge on any atom is -0.497 e. The highest BCUT2D eigenvalue weighted by Gasteiger charge is 2.10. The molecule has 0 atom stereocenters. The average molecular weight is 362 g/mol. The molecule has 136 valence electrons. The number of hydrogen-bond acceptors (Lipinski definition) is 7. The van der Waals surface area contributed by atoms with E-state index in [1.807, 2.05) is 43.3 Å². The molecule has 8 heteroatoms. The Morgan fingerprint density at radius 3 is 2.81 bits per heavy atom. The van der Waals surface area contributed by atoms with Gasteiger partial charge in [0.15, 0.2) is 5.65 Å². The van der Waals surface area contributed by atoms with Gasteiger partial charge in [-0.25, -0.2) is 5.43 Å². The van der Waals surface area contributed by atoms with Crippen molar-refractivity contribution in [2.24, 2.45) is 5.10 Å². The number of hydrogen-bond donors (Lipinski definition) is 2. The topological polar surface area (TPSA) is 97.3 Å². The van der Waals surface area contributed by atoms with Gasteiger partial charge in [-0.2, -0.15) is 10.1 Å². The van der Waals surface area contributed by atoms with Gasteiger partial charge in [-0.1, -0.05) is 18.2 Å². The Hall–Kier alpha value is -3.68. The number of nitrogens with one attached hydrogen (secondary N) is 2. The van der Waals surface area contributed by atoms with Gasteiger partial charge in [0.25, 0.3) is 5.95 Å². The van der Waals surface area contributed by atoms with Gasteiger partial charge in [-0.05, 0) is 30.7 Å². The molecule has 0 aliphatic heterocycles. The summed E-state index contributed by atoms with van der Waals surface area (Å²) in [5, 5.41) is 13.6. The van der Waals surface area contributed by atoms with Crippen molar-refractivity contribution in [2.75, 3.05) is 19.6 Å². The van der Waals surface area contributed by atoms with Crippen molar-refractivity contribution in [1.29, 1.82) is 0 Å². The Labute approximate surface area is 155 Å². The summed E-state index contributed by atoms with van der Waals surface area (Å²) in [7, 11) is 3.21. The second-order valence-corrected chi connectivity index (χ2v) is 5.93. The largest absolute Gasteiger partial charge is 0.497 e. The lowest BCUT2D eigenvalue weighted by Crippen LogP contribution is -2.00. The molecule has 0 bridgehead atoms. The lowest BCUT2D eigenvalue weighted by Gasteiger charge is -2.06. The van der Waals surface area contributed by atoms with Crippen LogP contribution in [0.25, 0.3) is 22.1 Å². The fourth-order valence-electron chi connectivity index (χ4n) is 2.89. The number of nitrogens with zero attached hydrogens (tertiary/aromatic N) is 4. The number of methoxy groups -OCH3 is 2. The van der Waals surface area contributed by atoms with E-state index in [1.54, 1.807) is 20.4 Å². The van der Waals surface area contributed by atoms with E-state index in [0.717, 1.165) is 27.5 Å². The molecule has 0 saturated carbocycles. The first-order valence-corrected chi connectivity index (χ1v) is 8.32. The van der Waals surface area contributed by atoms with Crippen molar-refractivity contribution in [3.05, 3.63) is 47.5 Å². The van der Waals surface area contributed by atoms with Crippen molar-refractivity contribution in [3.63, 3.8) is 0 Å². The second kappa shape index (κ2) is 6.91. The summed E-state index contributed by atoms with van der Waals surface area (Å²) in [4.78, 5) is 7.74. The summed E-state index contributed by atoms with van der Waals surface area (Å²) in [5.74, 6) is 1.69. The van der Waals surface area contributed by atoms with Crippen LogP contribution < -0.4 is 14.9 Å². The van der Waals surface area contributed by atoms with Crippen LogP contribution in [0, 0.1) is 6.92 Å². The molecule has 0 amide bonds. The van der Waals surface area contributed by atoms with Crippen molar-refractivity contribution < 1.29 is 9.47 Å². The van der Waals surface area contributed by atoms with Gasteiger partial charge in [0.05, 0.1) is 26.0 Å². The number of ether oxygens (including phenoxy) is 2. The lowest BCUT2D eigenvalue weighted by molar-refractivity contribution is 0.402. The Morgan fingerprint density at radius 1 is 1.11 bits per heavy atom. The van der Waals surface area contributed by atoms with Gasteiger partial charge in [0, 0.05) is 10.9 Å². The van der Waals surface area contributed by atoms with E-state index < -0.39 is 0 Å². The number of aromatic amines is 1. The van der Waals surface area contributed by atoms with Crippen LogP contribution in [-0.2, 0) is 0 Å². The maximum atomic E-state index is 5.33. The lowest BCUT2D eigenvalue weighted by atomic mass is 10.1. The summed E-state index contributed by atoms with van der Waals surface area (Å²) >= 11 is 0. The summed E-state index contributed by atoms with van der Waals surface area (Å²) in [6.45, 7) is 2.04. The van der Waals surface area contributed by atoms with Crippen LogP contribution >= 0.6 is 0 Å². The number of fused-ring (bicyclic) bond motifs is 3. The van der Waals surface area contributed by atoms with Crippen LogP contribution in [0.2, 0.25) is 0 Å². The number of para-hydroxylation sites is 1. The fraction of sp³-hybridized carbons (Fsp3) is 0.158. The Morgan fingerprint density at radius 2 is 2.00 bits per heavy atom. The average Bonchev–Trinajstić information content (AvgIpc) is 3.07. The minimum atomic E-state index is 0.296. The van der Waals surface area contributed by atoms with E-state index in [0.29, 0.717) is 23.1 Å². The van der Waals surface area contributed by atoms with Gasteiger partial charge in [0.1, 0.15) is 17.0 Å². The standard InChI is InChI=1S/C19H18N6O2/c1-11-5-4-6-14-16(11)21-18-17(14)23-25-19(22-18)24-20-10-12-9-13(26-2)7-8-15(12)27-3/h4-10H,1-3H3,(H2,21,22,24,25)/b20-10-. The normalized spacial score (nSPS) is 11.4. The summed E-state index contributed by atoms with van der Waals surface area (Å²) in [6, 6.07) is 11.5. The van der Waals surface area contributed by atoms with E-state index in [9.17, 15) is 0 Å². The van der Waals surface area contributed by atoms with Crippen molar-refractivity contribution in [3.8, 4) is 11.5 Å². The molecule has 0 saturated heterocycles. The first-order valence-electron chi connectivity index (χ1n) is 8.32. The molecule has 2 N–H and O–H groups in total. The Balaban J connectivity index is 1.61. The number of anilines is 1. The van der Waals surface area contributed by atoms with Crippen LogP contribution in [0.5, 0.6) is 11.5 Å². The third kappa shape index (κ3) is 3.12. The second-order valence-electron chi connectivity index (χ2n) is 5.93. The molecule has 2 heterocycles. The summed E-state index contributed by atoms with van der Waals surface area (Å²) in [5.41, 5.74) is 7.10. The first kappa shape index (κ1) is 16.8. The van der Waals surface area contributed by atoms with Crippen LogP contribution in [0.15, 0.2) is 41.5 Å². The zero-order valence-corrected chi connectivity index (χ0v) is 15.1. The Bertz CT molecular complexity index is 1150. The highest BCUT2D eigenvalue weighted by atomic mass is 16.5. The molecule has 0 radical (unpaired) electrons. The van der Waals surface area contributed by atoms with Gasteiger partial charge in [0.2, 0.25) is 0 Å². The molecule has 0 aliphatic rings. The van der Waals surface area contributed by atoms with E-state index in [-0.39, 0.29) is 0 Å². The molecule has 27 heavy (non-hydrogen) atoms. The number of aromatic nitrogens is 4. The SMILES string of the molecule is COc1ccc(OC)c(/C=N\Nc2nnc3c(n2)[nH]c2c(C)cccc23)c1. The number of aryl methyl sites for hydroxylation is 1. The number of benzene rings is 2. The predicted molar refractivity (Wildman–Crippen MR) is 105 cm³/mol. The molecule has 2 aromatic heterocycles. The predicted octanol–water partition coefficient (Wildman–Crippen LogP) is 3.28. The summed E-state index contributed by atoms with van der Waals surface area (Å²) < 4.78 is 10.6. The van der Waals surface area contributed by atoms with Crippen LogP contribution in [0.4, 0.5) is 5.95 Å². The zero-order chi connectivity index (χ0) is 18.8. The van der Waals surface area contributed by atoms with Gasteiger partial charge in [-0.3, -0.25) is 0 Å². The highest BCUT2D eigenvalue weighted by molar-refractivity contribution is 6.04. The first-order chi connectivity index (χ1) is 13.2. The number of H-pyrrole nitrogens is 1. The fourth-order valence-corrected chi connectivity index (χ4v) is 2.89. The van der Waals surface area contributed by atoms with Crippen LogP contribution in [0.1, 0.15) is 11.1 Å². The van der Waals surface area contributed by atoms with E-state index in [1.165, 1.54) is 0 Å². The maximum absolute atomic E-state index is 5.33. The smallest absolute Gasteiger partial charge is 0.265 e. The molecule has 2 aromatic carbocycles. The molecular formula is C19H18N6O2. The van der Waals surface area contributed by atoms with E-state index >= 15 is 0 Å². The molecular weight excluding hydrogens is 344 g/mol. The van der Waals surface area contributed by atoms with Crippen molar-refractivity contribution >= 4 is 34.2 Å². The van der Waals surface area contributed by atoms with Crippen LogP contribution in [-0.4, -0.2) is 40.6 Å². The van der Waals surface area contributed by atoms with E-state index in [4.69, 9.17) is 9.47 Å². The van der Waals surface area contributed by atoms with Crippen LogP contribution in [0.3, 0.4) is 0 Å². The Kier molecular flexibility index (Phi) is 4.29. The number of rotatable bonds is 5. The van der Waals surface area contributed by atoms with Gasteiger partial charge in [-0.15, -0.1) is 10.2 Å². The van der Waals surface area contributed by atoms with Crippen molar-refractivity contribution in [2.45, 2.75) is 6.92 Å². The van der Waals surface area contributed by atoms with Gasteiger partial charge >= 0.3 is 0 Å². The quantitative estimate of drug-likeness (QED) is 0.418. The minimum absolute atomic E-state index is 0.296. The zero-order valence-electron chi connectivity index (χ0n) is 15.1. The molecule has 0 unspecified atom stereocenters. The monoisotopic (exact) mass is 362 g/mol. The molecule has 4 rings (SSSR count). The molecule has 4 aromatic rings. The molecule has 0 aliphatic carbocycles. The van der Waals surface area contributed by atoms with Crippen molar-refractivity contribution in [1.82, 2.24) is 20.2 Å². The summed E-state index contributed by atoms with van der Waals surface area (Å²) in [6.07, 6.45) is 1.62. The van der Waals surface area contributed by atoms with E-state index in [2.05, 4.69) is 30.7 Å². The molecule has 0 fully saturated rings. The third-order valence-electron chi connectivity index (χ3n) is 4.26.